The van der Waals surface area contributed by atoms with Gasteiger partial charge in [0.05, 0.1) is 18.8 Å². The molecule has 1 aliphatic heterocycles. The molecule has 2 fully saturated rings. The van der Waals surface area contributed by atoms with E-state index in [-0.39, 0.29) is 18.1 Å². The normalized spacial score (nSPS) is 36.4. The first-order valence-corrected chi connectivity index (χ1v) is 10.5. The summed E-state index contributed by atoms with van der Waals surface area (Å²) < 4.78 is 12.3. The van der Waals surface area contributed by atoms with Crippen molar-refractivity contribution in [2.45, 2.75) is 89.0 Å². The first kappa shape index (κ1) is 17.4. The number of hydrogen-bond acceptors (Lipinski definition) is 4. The van der Waals surface area contributed by atoms with Crippen molar-refractivity contribution in [3.8, 4) is 0 Å². The lowest BCUT2D eigenvalue weighted by Crippen LogP contribution is -2.53. The van der Waals surface area contributed by atoms with Crippen molar-refractivity contribution in [1.29, 1.82) is 0 Å². The second-order valence-corrected chi connectivity index (χ2v) is 13.2. The molecule has 124 valence electrons. The summed E-state index contributed by atoms with van der Waals surface area (Å²) in [5.41, 5.74) is 1.53. The Morgan fingerprint density at radius 2 is 1.52 bits per heavy atom. The Morgan fingerprint density at radius 1 is 1.00 bits per heavy atom. The Hall–Kier alpha value is 0.0569. The van der Waals surface area contributed by atoms with Gasteiger partial charge in [-0.1, -0.05) is 41.5 Å². The van der Waals surface area contributed by atoms with Crippen molar-refractivity contribution >= 4 is 8.32 Å². The van der Waals surface area contributed by atoms with Crippen LogP contribution in [0, 0.1) is 5.92 Å². The molecule has 0 radical (unpaired) electrons. The van der Waals surface area contributed by atoms with E-state index in [4.69, 9.17) is 9.16 Å². The van der Waals surface area contributed by atoms with Crippen molar-refractivity contribution in [3.05, 3.63) is 0 Å². The molecule has 2 N–H and O–H groups in total. The molecule has 0 aromatic rings. The van der Waals surface area contributed by atoms with Crippen LogP contribution in [0.2, 0.25) is 16.6 Å². The maximum Gasteiger partial charge on any atom is 0.200 e. The predicted octanol–water partition coefficient (Wildman–Crippen LogP) is 2.69. The zero-order valence-electron chi connectivity index (χ0n) is 14.2. The summed E-state index contributed by atoms with van der Waals surface area (Å²) >= 11 is 0. The number of ether oxygens (including phenoxy) is 1. The maximum absolute atomic E-state index is 10.2. The molecule has 5 heteroatoms. The molecular formula is C16H32O4Si. The van der Waals surface area contributed by atoms with E-state index in [1.54, 1.807) is 0 Å². The van der Waals surface area contributed by atoms with Crippen LogP contribution < -0.4 is 0 Å². The predicted molar refractivity (Wildman–Crippen MR) is 85.8 cm³/mol. The van der Waals surface area contributed by atoms with Gasteiger partial charge in [-0.3, -0.25) is 0 Å². The molecule has 1 aliphatic carbocycles. The van der Waals surface area contributed by atoms with Crippen molar-refractivity contribution in [1.82, 2.24) is 0 Å². The van der Waals surface area contributed by atoms with Gasteiger partial charge < -0.3 is 19.4 Å². The third kappa shape index (κ3) is 3.08. The molecule has 4 nitrogen and oxygen atoms in total. The minimum atomic E-state index is -1.94. The van der Waals surface area contributed by atoms with Crippen LogP contribution in [-0.2, 0) is 9.16 Å². The van der Waals surface area contributed by atoms with Gasteiger partial charge in [0, 0.05) is 5.92 Å². The number of rotatable bonds is 6. The first-order valence-electron chi connectivity index (χ1n) is 8.37. The third-order valence-corrected chi connectivity index (χ3v) is 11.6. The average molecular weight is 317 g/mol. The second-order valence-electron chi connectivity index (χ2n) is 7.72. The first-order chi connectivity index (χ1) is 9.71. The van der Waals surface area contributed by atoms with Gasteiger partial charge in [0.25, 0.3) is 0 Å². The topological polar surface area (TPSA) is 58.9 Å². The Balaban J connectivity index is 2.04. The number of aliphatic hydroxyl groups is 2. The van der Waals surface area contributed by atoms with Crippen LogP contribution in [0.25, 0.3) is 0 Å². The van der Waals surface area contributed by atoms with Crippen LogP contribution in [0.1, 0.15) is 48.0 Å². The van der Waals surface area contributed by atoms with E-state index < -0.39 is 20.5 Å². The van der Waals surface area contributed by atoms with Crippen LogP contribution in [-0.4, -0.2) is 49.6 Å². The minimum absolute atomic E-state index is 0.130. The molecule has 0 aromatic carbocycles. The lowest BCUT2D eigenvalue weighted by molar-refractivity contribution is -0.150. The highest BCUT2D eigenvalue weighted by Crippen LogP contribution is 2.45. The molecule has 0 spiro atoms. The molecule has 2 rings (SSSR count). The number of aliphatic hydroxyl groups excluding tert-OH is 2. The van der Waals surface area contributed by atoms with Gasteiger partial charge in [-0.25, -0.2) is 0 Å². The Kier molecular flexibility index (Phi) is 5.21. The molecule has 0 unspecified atom stereocenters. The van der Waals surface area contributed by atoms with Crippen LogP contribution in [0.4, 0.5) is 0 Å². The molecule has 21 heavy (non-hydrogen) atoms. The summed E-state index contributed by atoms with van der Waals surface area (Å²) in [5, 5.41) is 20.2. The van der Waals surface area contributed by atoms with Crippen LogP contribution >= 0.6 is 0 Å². The average Bonchev–Trinajstić information content (AvgIpc) is 3.13. The third-order valence-electron chi connectivity index (χ3n) is 5.50. The molecule has 2 aliphatic rings. The SMILES string of the molecule is CC(C)[Si](OC[C@H]1O[C@@H]2C[C@@H]2[C@@H](O)[C@@H]1O)(C(C)C)C(C)C. The quantitative estimate of drug-likeness (QED) is 0.740. The van der Waals surface area contributed by atoms with E-state index in [1.807, 2.05) is 0 Å². The molecule has 1 saturated heterocycles. The van der Waals surface area contributed by atoms with Gasteiger partial charge in [-0.05, 0) is 23.0 Å². The van der Waals surface area contributed by atoms with E-state index >= 15 is 0 Å². The highest BCUT2D eigenvalue weighted by Gasteiger charge is 2.54. The molecule has 5 atom stereocenters. The summed E-state index contributed by atoms with van der Waals surface area (Å²) in [5.74, 6) is 0.138. The molecule has 1 heterocycles. The lowest BCUT2D eigenvalue weighted by atomic mass is 10.0. The summed E-state index contributed by atoms with van der Waals surface area (Å²) in [4.78, 5) is 0. The zero-order valence-corrected chi connectivity index (χ0v) is 15.2. The van der Waals surface area contributed by atoms with Crippen LogP contribution in [0.3, 0.4) is 0 Å². The van der Waals surface area contributed by atoms with Crippen molar-refractivity contribution in [3.63, 3.8) is 0 Å². The maximum atomic E-state index is 10.2. The highest BCUT2D eigenvalue weighted by atomic mass is 28.4. The summed E-state index contributed by atoms with van der Waals surface area (Å²) in [6.07, 6.45) is -0.842. The lowest BCUT2D eigenvalue weighted by Gasteiger charge is -2.44. The molecule has 0 amide bonds. The summed E-state index contributed by atoms with van der Waals surface area (Å²) in [6.45, 7) is 13.9. The number of fused-ring (bicyclic) bond motifs is 1. The minimum Gasteiger partial charge on any atom is -0.413 e. The van der Waals surface area contributed by atoms with Gasteiger partial charge >= 0.3 is 0 Å². The summed E-state index contributed by atoms with van der Waals surface area (Å²) in [7, 11) is -1.94. The fourth-order valence-corrected chi connectivity index (χ4v) is 9.80. The molecular weight excluding hydrogens is 284 g/mol. The molecule has 0 bridgehead atoms. The smallest absolute Gasteiger partial charge is 0.200 e. The Labute approximate surface area is 130 Å². The van der Waals surface area contributed by atoms with Gasteiger partial charge in [-0.15, -0.1) is 0 Å². The second kappa shape index (κ2) is 6.28. The van der Waals surface area contributed by atoms with E-state index in [0.717, 1.165) is 6.42 Å². The summed E-state index contributed by atoms with van der Waals surface area (Å²) in [6, 6.07) is 0. The fourth-order valence-electron chi connectivity index (χ4n) is 4.35. The fraction of sp³-hybridized carbons (Fsp3) is 1.00. The van der Waals surface area contributed by atoms with E-state index in [0.29, 0.717) is 23.2 Å². The van der Waals surface area contributed by atoms with Crippen molar-refractivity contribution < 1.29 is 19.4 Å². The van der Waals surface area contributed by atoms with E-state index in [1.165, 1.54) is 0 Å². The molecule has 1 saturated carbocycles. The molecule has 0 aromatic heterocycles. The Bertz CT molecular complexity index is 336. The standard InChI is InChI=1S/C16H32O4Si/c1-9(2)21(10(3)4,11(5)6)19-8-14-16(18)15(17)12-7-13(12)20-14/h9-18H,7-8H2,1-6H3/t12-,13+,14+,15+,16+/m0/s1. The van der Waals surface area contributed by atoms with Gasteiger partial charge in [0.2, 0.25) is 0 Å². The number of hydrogen-bond donors (Lipinski definition) is 2. The van der Waals surface area contributed by atoms with Gasteiger partial charge in [0.1, 0.15) is 12.2 Å². The van der Waals surface area contributed by atoms with Gasteiger partial charge in [0.15, 0.2) is 8.32 Å². The largest absolute Gasteiger partial charge is 0.413 e. The van der Waals surface area contributed by atoms with Crippen molar-refractivity contribution in [2.24, 2.45) is 5.92 Å². The van der Waals surface area contributed by atoms with Gasteiger partial charge in [-0.2, -0.15) is 0 Å². The van der Waals surface area contributed by atoms with Crippen LogP contribution in [0.15, 0.2) is 0 Å². The van der Waals surface area contributed by atoms with E-state index in [9.17, 15) is 10.2 Å². The Morgan fingerprint density at radius 3 is 2.00 bits per heavy atom. The monoisotopic (exact) mass is 316 g/mol. The highest BCUT2D eigenvalue weighted by molar-refractivity contribution is 6.77. The van der Waals surface area contributed by atoms with E-state index in [2.05, 4.69) is 41.5 Å². The van der Waals surface area contributed by atoms with Crippen LogP contribution in [0.5, 0.6) is 0 Å². The zero-order chi connectivity index (χ0) is 15.9. The van der Waals surface area contributed by atoms with Crippen molar-refractivity contribution in [2.75, 3.05) is 6.61 Å².